The minimum absolute atomic E-state index is 0.0000749. The topological polar surface area (TPSA) is 80.2 Å². The Morgan fingerprint density at radius 1 is 1.16 bits per heavy atom. The first-order valence-corrected chi connectivity index (χ1v) is 10.5. The Kier molecular flexibility index (Phi) is 7.28. The number of rotatable bonds is 8. The maximum absolute atomic E-state index is 12.7. The van der Waals surface area contributed by atoms with E-state index >= 15 is 0 Å². The highest BCUT2D eigenvalue weighted by atomic mass is 16.5. The first-order chi connectivity index (χ1) is 14.9. The molecule has 0 bridgehead atoms. The van der Waals surface area contributed by atoms with Crippen LogP contribution in [-0.4, -0.2) is 36.3 Å². The zero-order valence-electron chi connectivity index (χ0n) is 18.5. The molecule has 7 heteroatoms. The van der Waals surface area contributed by atoms with Gasteiger partial charge >= 0.3 is 0 Å². The van der Waals surface area contributed by atoms with Gasteiger partial charge in [-0.1, -0.05) is 19.1 Å². The predicted molar refractivity (Wildman–Crippen MR) is 120 cm³/mol. The molecule has 0 radical (unpaired) electrons. The van der Waals surface area contributed by atoms with Gasteiger partial charge in [-0.25, -0.2) is 5.01 Å². The monoisotopic (exact) mass is 423 g/mol. The van der Waals surface area contributed by atoms with Gasteiger partial charge in [0.2, 0.25) is 11.8 Å². The van der Waals surface area contributed by atoms with E-state index in [0.717, 1.165) is 28.9 Å². The van der Waals surface area contributed by atoms with E-state index in [1.807, 2.05) is 49.4 Å². The molecule has 0 saturated carbocycles. The number of nitrogens with one attached hydrogen (secondary N) is 1. The summed E-state index contributed by atoms with van der Waals surface area (Å²) >= 11 is 0. The number of carbonyl (C=O) groups excluding carboxylic acids is 2. The number of nitrogens with zero attached hydrogens (tertiary/aromatic N) is 2. The van der Waals surface area contributed by atoms with Gasteiger partial charge in [0.1, 0.15) is 0 Å². The van der Waals surface area contributed by atoms with Crippen LogP contribution in [0, 0.1) is 5.92 Å². The van der Waals surface area contributed by atoms with Crippen LogP contribution in [0.15, 0.2) is 47.6 Å². The lowest BCUT2D eigenvalue weighted by Gasteiger charge is -2.29. The molecule has 0 aliphatic carbocycles. The molecule has 164 valence electrons. The van der Waals surface area contributed by atoms with Gasteiger partial charge in [0.05, 0.1) is 26.0 Å². The van der Waals surface area contributed by atoms with Crippen LogP contribution >= 0.6 is 0 Å². The molecule has 3 rings (SSSR count). The van der Waals surface area contributed by atoms with Gasteiger partial charge in [-0.2, -0.15) is 5.10 Å². The minimum Gasteiger partial charge on any atom is -0.493 e. The Morgan fingerprint density at radius 2 is 1.90 bits per heavy atom. The fraction of sp³-hybridized carbons (Fsp3) is 0.375. The van der Waals surface area contributed by atoms with E-state index in [-0.39, 0.29) is 17.7 Å². The number of anilines is 1. The standard InChI is InChI=1S/C24H29N3O4/c1-5-18-14-23(29)27(15-17-7-10-20(11-8-17)25-16(3)28)26-24(18)19-9-12-21(30-4)22(13-19)31-6-2/h7-13,18H,5-6,14-15H2,1-4H3,(H,25,28). The molecule has 1 N–H and O–H groups in total. The average Bonchev–Trinajstić information content (AvgIpc) is 2.76. The van der Waals surface area contributed by atoms with Crippen LogP contribution in [0.1, 0.15) is 44.7 Å². The average molecular weight is 424 g/mol. The van der Waals surface area contributed by atoms with Crippen LogP contribution in [0.4, 0.5) is 5.69 Å². The Hall–Kier alpha value is -3.35. The fourth-order valence-electron chi connectivity index (χ4n) is 3.61. The van der Waals surface area contributed by atoms with E-state index in [4.69, 9.17) is 14.6 Å². The van der Waals surface area contributed by atoms with Crippen molar-refractivity contribution < 1.29 is 19.1 Å². The molecule has 0 aromatic heterocycles. The molecule has 1 aliphatic rings. The Bertz CT molecular complexity index is 969. The second kappa shape index (κ2) is 10.1. The maximum atomic E-state index is 12.7. The lowest BCUT2D eigenvalue weighted by molar-refractivity contribution is -0.133. The van der Waals surface area contributed by atoms with Crippen molar-refractivity contribution in [2.24, 2.45) is 11.0 Å². The van der Waals surface area contributed by atoms with E-state index in [1.54, 1.807) is 7.11 Å². The number of carbonyl (C=O) groups is 2. The highest BCUT2D eigenvalue weighted by molar-refractivity contribution is 6.06. The highest BCUT2D eigenvalue weighted by Crippen LogP contribution is 2.32. The van der Waals surface area contributed by atoms with E-state index in [1.165, 1.54) is 11.9 Å². The number of hydrazone groups is 1. The number of benzene rings is 2. The second-order valence-corrected chi connectivity index (χ2v) is 7.42. The van der Waals surface area contributed by atoms with Gasteiger partial charge in [-0.05, 0) is 49.2 Å². The molecule has 0 fully saturated rings. The lowest BCUT2D eigenvalue weighted by Crippen LogP contribution is -2.36. The van der Waals surface area contributed by atoms with Crippen molar-refractivity contribution in [1.29, 1.82) is 0 Å². The highest BCUT2D eigenvalue weighted by Gasteiger charge is 2.29. The third-order valence-electron chi connectivity index (χ3n) is 5.18. The zero-order chi connectivity index (χ0) is 22.4. The third kappa shape index (κ3) is 5.42. The minimum atomic E-state index is -0.121. The summed E-state index contributed by atoms with van der Waals surface area (Å²) in [7, 11) is 1.61. The quantitative estimate of drug-likeness (QED) is 0.690. The summed E-state index contributed by atoms with van der Waals surface area (Å²) in [6.07, 6.45) is 1.23. The van der Waals surface area contributed by atoms with Gasteiger partial charge in [-0.15, -0.1) is 0 Å². The molecule has 2 aromatic rings. The van der Waals surface area contributed by atoms with Crippen LogP contribution < -0.4 is 14.8 Å². The SMILES string of the molecule is CCOc1cc(C2=NN(Cc3ccc(NC(C)=O)cc3)C(=O)CC2CC)ccc1OC. The van der Waals surface area contributed by atoms with Crippen LogP contribution in [0.5, 0.6) is 11.5 Å². The van der Waals surface area contributed by atoms with Crippen molar-refractivity contribution in [3.05, 3.63) is 53.6 Å². The van der Waals surface area contributed by atoms with Gasteiger partial charge in [0.15, 0.2) is 11.5 Å². The van der Waals surface area contributed by atoms with Gasteiger partial charge in [-0.3, -0.25) is 9.59 Å². The third-order valence-corrected chi connectivity index (χ3v) is 5.18. The summed E-state index contributed by atoms with van der Waals surface area (Å²) < 4.78 is 11.1. The maximum Gasteiger partial charge on any atom is 0.243 e. The first-order valence-electron chi connectivity index (χ1n) is 10.5. The van der Waals surface area contributed by atoms with Gasteiger partial charge in [0.25, 0.3) is 0 Å². The normalized spacial score (nSPS) is 16.0. The van der Waals surface area contributed by atoms with Crippen LogP contribution in [0.25, 0.3) is 0 Å². The van der Waals surface area contributed by atoms with Crippen molar-refractivity contribution in [2.75, 3.05) is 19.0 Å². The smallest absolute Gasteiger partial charge is 0.243 e. The fourth-order valence-corrected chi connectivity index (χ4v) is 3.61. The van der Waals surface area contributed by atoms with Crippen molar-refractivity contribution in [3.8, 4) is 11.5 Å². The summed E-state index contributed by atoms with van der Waals surface area (Å²) in [5.41, 5.74) is 3.46. The van der Waals surface area contributed by atoms with Crippen molar-refractivity contribution in [3.63, 3.8) is 0 Å². The molecule has 0 saturated heterocycles. The molecule has 1 atom stereocenters. The van der Waals surface area contributed by atoms with Crippen molar-refractivity contribution in [1.82, 2.24) is 5.01 Å². The molecule has 1 aliphatic heterocycles. The van der Waals surface area contributed by atoms with Gasteiger partial charge < -0.3 is 14.8 Å². The number of hydrogen-bond donors (Lipinski definition) is 1. The van der Waals surface area contributed by atoms with E-state index < -0.39 is 0 Å². The summed E-state index contributed by atoms with van der Waals surface area (Å²) in [4.78, 5) is 23.9. The number of amides is 2. The molecular weight excluding hydrogens is 394 g/mol. The van der Waals surface area contributed by atoms with E-state index in [9.17, 15) is 9.59 Å². The Morgan fingerprint density at radius 3 is 2.52 bits per heavy atom. The summed E-state index contributed by atoms with van der Waals surface area (Å²) in [6, 6.07) is 13.2. The molecule has 7 nitrogen and oxygen atoms in total. The molecule has 31 heavy (non-hydrogen) atoms. The van der Waals surface area contributed by atoms with Crippen LogP contribution in [0.2, 0.25) is 0 Å². The Balaban J connectivity index is 1.88. The summed E-state index contributed by atoms with van der Waals surface area (Å²) in [5.74, 6) is 1.26. The molecule has 1 unspecified atom stereocenters. The summed E-state index contributed by atoms with van der Waals surface area (Å²) in [5, 5.41) is 9.01. The zero-order valence-corrected chi connectivity index (χ0v) is 18.5. The molecular formula is C24H29N3O4. The molecule has 0 spiro atoms. The molecule has 2 aromatic carbocycles. The predicted octanol–water partition coefficient (Wildman–Crippen LogP) is 4.22. The molecule has 2 amide bonds. The van der Waals surface area contributed by atoms with Crippen LogP contribution in [0.3, 0.4) is 0 Å². The second-order valence-electron chi connectivity index (χ2n) is 7.42. The van der Waals surface area contributed by atoms with Crippen molar-refractivity contribution >= 4 is 23.2 Å². The Labute approximate surface area is 183 Å². The largest absolute Gasteiger partial charge is 0.493 e. The number of ether oxygens (including phenoxy) is 2. The number of methoxy groups -OCH3 is 1. The van der Waals surface area contributed by atoms with Crippen molar-refractivity contribution in [2.45, 2.75) is 40.2 Å². The molecule has 1 heterocycles. The van der Waals surface area contributed by atoms with E-state index in [2.05, 4.69) is 12.2 Å². The van der Waals surface area contributed by atoms with Gasteiger partial charge in [0, 0.05) is 30.5 Å². The summed E-state index contributed by atoms with van der Waals surface area (Å²) in [6.45, 7) is 6.36. The lowest BCUT2D eigenvalue weighted by atomic mass is 9.89. The number of hydrogen-bond acceptors (Lipinski definition) is 5. The van der Waals surface area contributed by atoms with Crippen LogP contribution in [-0.2, 0) is 16.1 Å². The first kappa shape index (κ1) is 22.3. The van der Waals surface area contributed by atoms with E-state index in [0.29, 0.717) is 31.1 Å².